The molecule has 0 saturated heterocycles. The second kappa shape index (κ2) is 7.22. The third-order valence-electron chi connectivity index (χ3n) is 3.97. The Labute approximate surface area is 147 Å². The molecule has 3 aromatic rings. The second-order valence-electron chi connectivity index (χ2n) is 6.22. The molecule has 0 spiro atoms. The number of benzene rings is 3. The molecule has 0 unspecified atom stereocenters. The molecule has 0 radical (unpaired) electrons. The molecule has 3 rings (SSSR count). The average molecular weight is 332 g/mol. The highest BCUT2D eigenvalue weighted by Gasteiger charge is 2.26. The lowest BCUT2D eigenvalue weighted by molar-refractivity contribution is 0.00638. The monoisotopic (exact) mass is 332 g/mol. The molecular formula is C22H20O3. The van der Waals surface area contributed by atoms with E-state index in [4.69, 9.17) is 9.47 Å². The van der Waals surface area contributed by atoms with Gasteiger partial charge in [-0.15, -0.1) is 0 Å². The van der Waals surface area contributed by atoms with E-state index in [1.807, 2.05) is 62.4 Å². The highest BCUT2D eigenvalue weighted by Crippen LogP contribution is 2.28. The molecule has 0 aliphatic rings. The van der Waals surface area contributed by atoms with Crippen molar-refractivity contribution in [3.8, 4) is 16.9 Å². The van der Waals surface area contributed by atoms with Gasteiger partial charge in [0.2, 0.25) is 0 Å². The van der Waals surface area contributed by atoms with E-state index < -0.39 is 11.8 Å². The number of para-hydroxylation sites is 1. The van der Waals surface area contributed by atoms with E-state index in [1.54, 1.807) is 24.3 Å². The van der Waals surface area contributed by atoms with E-state index >= 15 is 0 Å². The van der Waals surface area contributed by atoms with Crippen LogP contribution in [-0.2, 0) is 10.3 Å². The summed E-state index contributed by atoms with van der Waals surface area (Å²) in [6.07, 6.45) is -0.719. The molecule has 3 nitrogen and oxygen atoms in total. The number of ether oxygens (including phenoxy) is 2. The summed E-state index contributed by atoms with van der Waals surface area (Å²) in [4.78, 5) is 12.0. The van der Waals surface area contributed by atoms with Crippen LogP contribution >= 0.6 is 0 Å². The number of carbonyl (C=O) groups is 1. The average Bonchev–Trinajstić information content (AvgIpc) is 2.63. The summed E-state index contributed by atoms with van der Waals surface area (Å²) in [5.41, 5.74) is 2.38. The molecule has 0 aliphatic heterocycles. The smallest absolute Gasteiger partial charge is 0.423 e. The lowest BCUT2D eigenvalue weighted by Gasteiger charge is -2.25. The third-order valence-corrected chi connectivity index (χ3v) is 3.97. The summed E-state index contributed by atoms with van der Waals surface area (Å²) < 4.78 is 10.7. The Balaban J connectivity index is 1.70. The van der Waals surface area contributed by atoms with E-state index in [1.165, 1.54) is 0 Å². The molecule has 3 aromatic carbocycles. The molecular weight excluding hydrogens is 312 g/mol. The van der Waals surface area contributed by atoms with Crippen LogP contribution in [0.4, 0.5) is 4.79 Å². The highest BCUT2D eigenvalue weighted by molar-refractivity contribution is 5.65. The third kappa shape index (κ3) is 4.27. The molecule has 0 bridgehead atoms. The van der Waals surface area contributed by atoms with Crippen molar-refractivity contribution in [3.05, 3.63) is 90.5 Å². The zero-order valence-electron chi connectivity index (χ0n) is 14.3. The van der Waals surface area contributed by atoms with Gasteiger partial charge in [0.05, 0.1) is 0 Å². The van der Waals surface area contributed by atoms with Gasteiger partial charge in [-0.05, 0) is 42.7 Å². The summed E-state index contributed by atoms with van der Waals surface area (Å²) in [5, 5.41) is 0. The van der Waals surface area contributed by atoms with Crippen molar-refractivity contribution in [2.75, 3.05) is 0 Å². The Bertz CT molecular complexity index is 822. The van der Waals surface area contributed by atoms with Crippen molar-refractivity contribution in [1.82, 2.24) is 0 Å². The van der Waals surface area contributed by atoms with Gasteiger partial charge in [0.15, 0.2) is 0 Å². The molecule has 0 aromatic heterocycles. The molecule has 0 aliphatic carbocycles. The van der Waals surface area contributed by atoms with Crippen molar-refractivity contribution >= 4 is 6.16 Å². The van der Waals surface area contributed by atoms with Crippen LogP contribution in [0.25, 0.3) is 11.1 Å². The minimum atomic E-state index is -0.791. The fourth-order valence-electron chi connectivity index (χ4n) is 2.57. The van der Waals surface area contributed by atoms with Gasteiger partial charge in [-0.25, -0.2) is 4.79 Å². The van der Waals surface area contributed by atoms with Gasteiger partial charge in [-0.2, -0.15) is 0 Å². The Hall–Kier alpha value is -3.07. The van der Waals surface area contributed by atoms with E-state index in [-0.39, 0.29) is 0 Å². The van der Waals surface area contributed by atoms with Crippen LogP contribution in [0.2, 0.25) is 0 Å². The topological polar surface area (TPSA) is 35.5 Å². The van der Waals surface area contributed by atoms with Gasteiger partial charge in [-0.1, -0.05) is 72.8 Å². The van der Waals surface area contributed by atoms with E-state index in [2.05, 4.69) is 12.1 Å². The van der Waals surface area contributed by atoms with Crippen LogP contribution < -0.4 is 4.74 Å². The van der Waals surface area contributed by atoms with Gasteiger partial charge in [-0.3, -0.25) is 0 Å². The van der Waals surface area contributed by atoms with Crippen LogP contribution in [0.5, 0.6) is 5.75 Å². The molecule has 0 atom stereocenters. The first kappa shape index (κ1) is 16.8. The van der Waals surface area contributed by atoms with Gasteiger partial charge in [0.1, 0.15) is 11.4 Å². The highest BCUT2D eigenvalue weighted by atomic mass is 16.7. The molecule has 0 heterocycles. The zero-order valence-corrected chi connectivity index (χ0v) is 14.3. The molecule has 126 valence electrons. The minimum Gasteiger partial charge on any atom is -0.423 e. The van der Waals surface area contributed by atoms with Gasteiger partial charge >= 0.3 is 6.16 Å². The number of carbonyl (C=O) groups excluding carboxylic acids is 1. The minimum absolute atomic E-state index is 0.461. The number of hydrogen-bond acceptors (Lipinski definition) is 3. The van der Waals surface area contributed by atoms with Crippen LogP contribution in [0.3, 0.4) is 0 Å². The molecule has 0 fully saturated rings. The predicted octanol–water partition coefficient (Wildman–Crippen LogP) is 5.80. The second-order valence-corrected chi connectivity index (χ2v) is 6.22. The maximum absolute atomic E-state index is 12.0. The van der Waals surface area contributed by atoms with Gasteiger partial charge in [0.25, 0.3) is 0 Å². The lowest BCUT2D eigenvalue weighted by Crippen LogP contribution is -2.27. The standard InChI is InChI=1S/C22H20O3/c1-22(2,25-21(23)24-20-11-7-4-8-12-20)19-15-13-18(14-16-19)17-9-5-3-6-10-17/h3-16H,1-2H3. The van der Waals surface area contributed by atoms with E-state index in [0.717, 1.165) is 16.7 Å². The van der Waals surface area contributed by atoms with Crippen molar-refractivity contribution in [1.29, 1.82) is 0 Å². The van der Waals surface area contributed by atoms with Crippen LogP contribution in [-0.4, -0.2) is 6.16 Å². The van der Waals surface area contributed by atoms with Crippen molar-refractivity contribution in [2.45, 2.75) is 19.4 Å². The van der Waals surface area contributed by atoms with Crippen LogP contribution in [0.15, 0.2) is 84.9 Å². The fraction of sp³-hybridized carbons (Fsp3) is 0.136. The van der Waals surface area contributed by atoms with Crippen molar-refractivity contribution < 1.29 is 14.3 Å². The Morgan fingerprint density at radius 3 is 1.84 bits per heavy atom. The SMILES string of the molecule is CC(C)(OC(=O)Oc1ccccc1)c1ccc(-c2ccccc2)cc1. The normalized spacial score (nSPS) is 11.0. The maximum Gasteiger partial charge on any atom is 0.514 e. The zero-order chi connectivity index (χ0) is 17.7. The first-order valence-electron chi connectivity index (χ1n) is 8.16. The summed E-state index contributed by atoms with van der Waals surface area (Å²) in [6, 6.07) is 27.0. The summed E-state index contributed by atoms with van der Waals surface area (Å²) in [7, 11) is 0. The first-order chi connectivity index (χ1) is 12.0. The largest absolute Gasteiger partial charge is 0.514 e. The molecule has 0 saturated carbocycles. The van der Waals surface area contributed by atoms with E-state index in [9.17, 15) is 4.79 Å². The Kier molecular flexibility index (Phi) is 4.85. The molecule has 0 N–H and O–H groups in total. The summed E-state index contributed by atoms with van der Waals surface area (Å²) in [6.45, 7) is 3.69. The van der Waals surface area contributed by atoms with Crippen LogP contribution in [0, 0.1) is 0 Å². The molecule has 3 heteroatoms. The van der Waals surface area contributed by atoms with E-state index in [0.29, 0.717) is 5.75 Å². The Morgan fingerprint density at radius 1 is 0.720 bits per heavy atom. The van der Waals surface area contributed by atoms with Gasteiger partial charge < -0.3 is 9.47 Å². The fourth-order valence-corrected chi connectivity index (χ4v) is 2.57. The van der Waals surface area contributed by atoms with Gasteiger partial charge in [0, 0.05) is 0 Å². The van der Waals surface area contributed by atoms with Crippen LogP contribution in [0.1, 0.15) is 19.4 Å². The number of rotatable bonds is 4. The molecule has 25 heavy (non-hydrogen) atoms. The quantitative estimate of drug-likeness (QED) is 0.447. The number of hydrogen-bond donors (Lipinski definition) is 0. The molecule has 0 amide bonds. The lowest BCUT2D eigenvalue weighted by atomic mass is 9.95. The predicted molar refractivity (Wildman–Crippen MR) is 98.5 cm³/mol. The summed E-state index contributed by atoms with van der Waals surface area (Å²) >= 11 is 0. The summed E-state index contributed by atoms with van der Waals surface area (Å²) in [5.74, 6) is 0.461. The first-order valence-corrected chi connectivity index (χ1v) is 8.16. The van der Waals surface area contributed by atoms with Crippen molar-refractivity contribution in [2.24, 2.45) is 0 Å². The Morgan fingerprint density at radius 2 is 1.24 bits per heavy atom. The maximum atomic E-state index is 12.0. The van der Waals surface area contributed by atoms with Crippen molar-refractivity contribution in [3.63, 3.8) is 0 Å².